The van der Waals surface area contributed by atoms with E-state index in [9.17, 15) is 9.59 Å². The standard InChI is InChI=1S/C18H20N4O3/c23-17(21-11-3-5-14(21)13-20-10-4-9-19-20)8-12-22-15-6-1-2-7-16(15)25-18(22)24/h1-2,4,6-7,9-10,14H,3,5,8,11-13H2/t14-/m1/s1. The number of fused-ring (bicyclic) bond motifs is 1. The molecule has 1 aliphatic heterocycles. The molecule has 1 aromatic carbocycles. The molecule has 25 heavy (non-hydrogen) atoms. The maximum atomic E-state index is 12.7. The molecule has 0 radical (unpaired) electrons. The van der Waals surface area contributed by atoms with Crippen molar-refractivity contribution >= 4 is 17.0 Å². The second kappa shape index (κ2) is 6.58. The second-order valence-corrected chi connectivity index (χ2v) is 6.35. The molecule has 0 saturated carbocycles. The first kappa shape index (κ1) is 15.7. The zero-order valence-corrected chi connectivity index (χ0v) is 13.9. The largest absolute Gasteiger partial charge is 0.419 e. The zero-order chi connectivity index (χ0) is 17.2. The number of amides is 1. The van der Waals surface area contributed by atoms with Crippen LogP contribution in [0.25, 0.3) is 11.1 Å². The first-order valence-electron chi connectivity index (χ1n) is 8.57. The number of nitrogens with zero attached hydrogens (tertiary/aromatic N) is 4. The van der Waals surface area contributed by atoms with Gasteiger partial charge >= 0.3 is 5.76 Å². The van der Waals surface area contributed by atoms with Gasteiger partial charge in [0.25, 0.3) is 0 Å². The third-order valence-corrected chi connectivity index (χ3v) is 4.78. The number of rotatable bonds is 5. The normalized spacial score (nSPS) is 17.4. The maximum absolute atomic E-state index is 12.7. The van der Waals surface area contributed by atoms with Crippen molar-refractivity contribution in [3.8, 4) is 0 Å². The third-order valence-electron chi connectivity index (χ3n) is 4.78. The van der Waals surface area contributed by atoms with Crippen LogP contribution in [0.2, 0.25) is 0 Å². The van der Waals surface area contributed by atoms with Crippen molar-refractivity contribution in [3.63, 3.8) is 0 Å². The lowest BCUT2D eigenvalue weighted by Gasteiger charge is -2.24. The highest BCUT2D eigenvalue weighted by atomic mass is 16.4. The summed E-state index contributed by atoms with van der Waals surface area (Å²) in [6.45, 7) is 1.82. The third kappa shape index (κ3) is 3.09. The highest BCUT2D eigenvalue weighted by molar-refractivity contribution is 5.77. The van der Waals surface area contributed by atoms with Crippen LogP contribution in [0.4, 0.5) is 0 Å². The van der Waals surface area contributed by atoms with E-state index in [1.165, 1.54) is 4.57 Å². The lowest BCUT2D eigenvalue weighted by Crippen LogP contribution is -2.38. The molecule has 7 nitrogen and oxygen atoms in total. The number of oxazole rings is 1. The fourth-order valence-corrected chi connectivity index (χ4v) is 3.55. The fraction of sp³-hybridized carbons (Fsp3) is 0.389. The van der Waals surface area contributed by atoms with E-state index in [0.29, 0.717) is 25.1 Å². The summed E-state index contributed by atoms with van der Waals surface area (Å²) >= 11 is 0. The Morgan fingerprint density at radius 3 is 3.00 bits per heavy atom. The van der Waals surface area contributed by atoms with Crippen LogP contribution in [-0.2, 0) is 17.9 Å². The summed E-state index contributed by atoms with van der Waals surface area (Å²) in [4.78, 5) is 26.6. The van der Waals surface area contributed by atoms with E-state index < -0.39 is 5.76 Å². The Hall–Kier alpha value is -2.83. The van der Waals surface area contributed by atoms with Gasteiger partial charge in [-0.05, 0) is 31.0 Å². The molecule has 1 fully saturated rings. The van der Waals surface area contributed by atoms with Crippen LogP contribution in [0.3, 0.4) is 0 Å². The molecular weight excluding hydrogens is 320 g/mol. The van der Waals surface area contributed by atoms with Gasteiger partial charge in [-0.2, -0.15) is 5.10 Å². The summed E-state index contributed by atoms with van der Waals surface area (Å²) in [6, 6.07) is 9.33. The van der Waals surface area contributed by atoms with E-state index in [1.54, 1.807) is 12.3 Å². The first-order chi connectivity index (χ1) is 12.2. The summed E-state index contributed by atoms with van der Waals surface area (Å²) < 4.78 is 8.62. The van der Waals surface area contributed by atoms with Crippen LogP contribution in [0.1, 0.15) is 19.3 Å². The molecule has 3 heterocycles. The van der Waals surface area contributed by atoms with Crippen molar-refractivity contribution in [1.82, 2.24) is 19.2 Å². The predicted octanol–water partition coefficient (Wildman–Crippen LogP) is 1.87. The van der Waals surface area contributed by atoms with E-state index in [4.69, 9.17) is 4.42 Å². The molecule has 0 bridgehead atoms. The average Bonchev–Trinajstić information content (AvgIpc) is 3.33. The molecule has 1 amide bonds. The molecule has 3 aromatic rings. The highest BCUT2D eigenvalue weighted by Crippen LogP contribution is 2.20. The fourth-order valence-electron chi connectivity index (χ4n) is 3.55. The van der Waals surface area contributed by atoms with Gasteiger partial charge in [0, 0.05) is 31.9 Å². The molecule has 1 saturated heterocycles. The van der Waals surface area contributed by atoms with Gasteiger partial charge in [-0.1, -0.05) is 12.1 Å². The van der Waals surface area contributed by atoms with Crippen LogP contribution in [0, 0.1) is 0 Å². The van der Waals surface area contributed by atoms with Gasteiger partial charge in [0.05, 0.1) is 18.1 Å². The minimum absolute atomic E-state index is 0.0758. The molecule has 1 aliphatic rings. The maximum Gasteiger partial charge on any atom is 0.419 e. The summed E-state index contributed by atoms with van der Waals surface area (Å²) in [5.74, 6) is -0.338. The lowest BCUT2D eigenvalue weighted by atomic mass is 10.2. The second-order valence-electron chi connectivity index (χ2n) is 6.35. The van der Waals surface area contributed by atoms with E-state index in [0.717, 1.165) is 24.9 Å². The number of hydrogen-bond donors (Lipinski definition) is 0. The SMILES string of the molecule is O=C(CCn1c(=O)oc2ccccc21)N1CCC[C@@H]1Cn1cccn1. The van der Waals surface area contributed by atoms with Crippen LogP contribution >= 0.6 is 0 Å². The zero-order valence-electron chi connectivity index (χ0n) is 13.9. The smallest absolute Gasteiger partial charge is 0.408 e. The van der Waals surface area contributed by atoms with Crippen molar-refractivity contribution in [2.24, 2.45) is 0 Å². The van der Waals surface area contributed by atoms with Crippen molar-refractivity contribution in [1.29, 1.82) is 0 Å². The Morgan fingerprint density at radius 1 is 1.28 bits per heavy atom. The topological polar surface area (TPSA) is 73.3 Å². The Balaban J connectivity index is 1.44. The van der Waals surface area contributed by atoms with E-state index >= 15 is 0 Å². The van der Waals surface area contributed by atoms with Gasteiger partial charge in [0.2, 0.25) is 5.91 Å². The molecule has 1 atom stereocenters. The summed E-state index contributed by atoms with van der Waals surface area (Å²) in [6.07, 6.45) is 5.95. The number of carbonyl (C=O) groups excluding carboxylic acids is 1. The van der Waals surface area contributed by atoms with Crippen LogP contribution in [-0.4, -0.2) is 37.7 Å². The molecule has 0 unspecified atom stereocenters. The number of carbonyl (C=O) groups is 1. The number of hydrogen-bond acceptors (Lipinski definition) is 4. The highest BCUT2D eigenvalue weighted by Gasteiger charge is 2.29. The van der Waals surface area contributed by atoms with E-state index in [2.05, 4.69) is 5.10 Å². The van der Waals surface area contributed by atoms with Gasteiger partial charge in [-0.3, -0.25) is 14.0 Å². The summed E-state index contributed by atoms with van der Waals surface area (Å²) in [7, 11) is 0. The van der Waals surface area contributed by atoms with Gasteiger partial charge in [0.15, 0.2) is 5.58 Å². The summed E-state index contributed by atoms with van der Waals surface area (Å²) in [5.41, 5.74) is 1.28. The number of para-hydroxylation sites is 2. The Labute approximate surface area is 144 Å². The molecular formula is C18H20N4O3. The monoisotopic (exact) mass is 340 g/mol. The minimum Gasteiger partial charge on any atom is -0.408 e. The molecule has 7 heteroatoms. The first-order valence-corrected chi connectivity index (χ1v) is 8.57. The van der Waals surface area contributed by atoms with E-state index in [-0.39, 0.29) is 11.9 Å². The van der Waals surface area contributed by atoms with E-state index in [1.807, 2.05) is 40.0 Å². The van der Waals surface area contributed by atoms with Crippen molar-refractivity contribution in [2.45, 2.75) is 38.4 Å². The quantitative estimate of drug-likeness (QED) is 0.711. The Bertz CT molecular complexity index is 925. The predicted molar refractivity (Wildman–Crippen MR) is 92.1 cm³/mol. The average molecular weight is 340 g/mol. The molecule has 0 spiro atoms. The van der Waals surface area contributed by atoms with Crippen molar-refractivity contribution in [2.75, 3.05) is 6.54 Å². The Morgan fingerprint density at radius 2 is 2.16 bits per heavy atom. The van der Waals surface area contributed by atoms with Crippen molar-refractivity contribution < 1.29 is 9.21 Å². The van der Waals surface area contributed by atoms with Crippen LogP contribution in [0.5, 0.6) is 0 Å². The lowest BCUT2D eigenvalue weighted by molar-refractivity contribution is -0.132. The van der Waals surface area contributed by atoms with Gasteiger partial charge in [-0.15, -0.1) is 0 Å². The minimum atomic E-state index is -0.413. The van der Waals surface area contributed by atoms with Crippen molar-refractivity contribution in [3.05, 3.63) is 53.3 Å². The number of benzene rings is 1. The van der Waals surface area contributed by atoms with Crippen LogP contribution in [0.15, 0.2) is 51.9 Å². The summed E-state index contributed by atoms with van der Waals surface area (Å²) in [5, 5.41) is 4.23. The number of aryl methyl sites for hydroxylation is 1. The van der Waals surface area contributed by atoms with Gasteiger partial charge in [0.1, 0.15) is 0 Å². The number of likely N-dealkylation sites (tertiary alicyclic amines) is 1. The molecule has 0 aliphatic carbocycles. The molecule has 130 valence electrons. The Kier molecular flexibility index (Phi) is 4.13. The van der Waals surface area contributed by atoms with Gasteiger partial charge < -0.3 is 9.32 Å². The molecule has 2 aromatic heterocycles. The van der Waals surface area contributed by atoms with Gasteiger partial charge in [-0.25, -0.2) is 4.79 Å². The molecule has 4 rings (SSSR count). The number of aromatic nitrogens is 3. The molecule has 0 N–H and O–H groups in total. The van der Waals surface area contributed by atoms with Crippen LogP contribution < -0.4 is 5.76 Å².